The van der Waals surface area contributed by atoms with Crippen molar-refractivity contribution in [2.24, 2.45) is 5.92 Å². The largest absolute Gasteiger partial charge is 0.493 e. The Morgan fingerprint density at radius 3 is 2.21 bits per heavy atom. The minimum Gasteiger partial charge on any atom is -0.327 e. The highest BCUT2D eigenvalue weighted by Crippen LogP contribution is 2.42. The summed E-state index contributed by atoms with van der Waals surface area (Å²) in [6.07, 6.45) is -4.04. The van der Waals surface area contributed by atoms with Crippen molar-refractivity contribution in [3.8, 4) is 0 Å². The quantitative estimate of drug-likeness (QED) is 0.192. The Balaban J connectivity index is 1.81. The highest BCUT2D eigenvalue weighted by atomic mass is 32.2. The summed E-state index contributed by atoms with van der Waals surface area (Å²) < 4.78 is 77.5. The summed E-state index contributed by atoms with van der Waals surface area (Å²) in [6, 6.07) is 9.31. The number of aromatic nitrogens is 1. The number of benzene rings is 2. The normalized spacial score (nSPS) is 17.3. The molecular formula is C25H19F6N3O4S. The Kier molecular flexibility index (Phi) is 7.52. The van der Waals surface area contributed by atoms with Crippen LogP contribution in [0.1, 0.15) is 25.3 Å². The molecule has 2 aromatic carbocycles. The van der Waals surface area contributed by atoms with Crippen LogP contribution in [-0.4, -0.2) is 45.7 Å². The van der Waals surface area contributed by atoms with Crippen molar-refractivity contribution < 1.29 is 45.6 Å². The van der Waals surface area contributed by atoms with Gasteiger partial charge in [-0.25, -0.2) is 14.5 Å². The number of halogens is 6. The maximum absolute atomic E-state index is 13.7. The van der Waals surface area contributed by atoms with Crippen molar-refractivity contribution in [3.05, 3.63) is 66.4 Å². The minimum atomic E-state index is -5.48. The molecule has 14 heteroatoms. The van der Waals surface area contributed by atoms with E-state index in [1.165, 1.54) is 6.20 Å². The van der Waals surface area contributed by atoms with Crippen LogP contribution in [-0.2, 0) is 14.4 Å². The Bertz CT molecular complexity index is 1410. The van der Waals surface area contributed by atoms with Gasteiger partial charge >= 0.3 is 23.7 Å². The van der Waals surface area contributed by atoms with Crippen LogP contribution in [0, 0.1) is 5.92 Å². The Hall–Kier alpha value is -3.81. The SMILES string of the molecule is CC(C)[C@H](c1ccnc2ccccc12)[C@@H]1C(=O)N(c2ccc(SC(F)(F)F)cc2)C(=O)N1OC(=O)C(F)(F)F. The van der Waals surface area contributed by atoms with Crippen LogP contribution >= 0.6 is 11.8 Å². The van der Waals surface area contributed by atoms with Crippen molar-refractivity contribution in [1.82, 2.24) is 10.0 Å². The number of amides is 3. The summed E-state index contributed by atoms with van der Waals surface area (Å²) in [5.74, 6) is -5.18. The van der Waals surface area contributed by atoms with Crippen LogP contribution in [0.2, 0.25) is 0 Å². The van der Waals surface area contributed by atoms with Crippen molar-refractivity contribution in [2.75, 3.05) is 4.90 Å². The van der Waals surface area contributed by atoms with E-state index in [-0.39, 0.29) is 15.6 Å². The van der Waals surface area contributed by atoms with Gasteiger partial charge in [-0.05, 0) is 59.6 Å². The molecule has 1 saturated heterocycles. The molecule has 0 saturated carbocycles. The fourth-order valence-electron chi connectivity index (χ4n) is 4.42. The molecule has 2 atom stereocenters. The van der Waals surface area contributed by atoms with E-state index in [4.69, 9.17) is 0 Å². The number of hydrogen-bond acceptors (Lipinski definition) is 6. The molecule has 0 spiro atoms. The highest BCUT2D eigenvalue weighted by Gasteiger charge is 2.55. The van der Waals surface area contributed by atoms with Crippen LogP contribution in [0.25, 0.3) is 10.9 Å². The van der Waals surface area contributed by atoms with Crippen molar-refractivity contribution >= 4 is 46.3 Å². The maximum atomic E-state index is 13.7. The van der Waals surface area contributed by atoms with Gasteiger partial charge in [0.2, 0.25) is 0 Å². The number of urea groups is 1. The number of carbonyl (C=O) groups is 3. The van der Waals surface area contributed by atoms with Crippen molar-refractivity contribution in [1.29, 1.82) is 0 Å². The fraction of sp³-hybridized carbons (Fsp3) is 0.280. The monoisotopic (exact) mass is 571 g/mol. The van der Waals surface area contributed by atoms with Gasteiger partial charge in [0.25, 0.3) is 5.91 Å². The standard InChI is InChI=1S/C25H19F6N3O4S/c1-13(2)19(17-11-12-32-18-6-4-3-5-16(17)18)20-21(35)33(23(37)34(20)38-22(36)24(26,27)28)14-7-9-15(10-8-14)39-25(29,30)31/h3-13,19-20H,1-2H3/t19-,20-/m1/s1. The summed E-state index contributed by atoms with van der Waals surface area (Å²) in [7, 11) is 0. The molecule has 39 heavy (non-hydrogen) atoms. The zero-order valence-electron chi connectivity index (χ0n) is 20.2. The number of alkyl halides is 6. The number of fused-ring (bicyclic) bond motifs is 1. The lowest BCUT2D eigenvalue weighted by atomic mass is 9.80. The summed E-state index contributed by atoms with van der Waals surface area (Å²) in [6.45, 7) is 3.35. The predicted molar refractivity (Wildman–Crippen MR) is 128 cm³/mol. The smallest absolute Gasteiger partial charge is 0.327 e. The number of thioether (sulfide) groups is 1. The molecule has 0 radical (unpaired) electrons. The summed E-state index contributed by atoms with van der Waals surface area (Å²) in [5.41, 5.74) is -3.82. The molecule has 1 fully saturated rings. The van der Waals surface area contributed by atoms with Gasteiger partial charge in [-0.3, -0.25) is 9.78 Å². The summed E-state index contributed by atoms with van der Waals surface area (Å²) in [5, 5.41) is 0.657. The molecule has 7 nitrogen and oxygen atoms in total. The van der Waals surface area contributed by atoms with Crippen LogP contribution in [0.5, 0.6) is 0 Å². The average Bonchev–Trinajstić information content (AvgIpc) is 3.07. The van der Waals surface area contributed by atoms with Gasteiger partial charge in [0.15, 0.2) is 6.04 Å². The Morgan fingerprint density at radius 1 is 0.974 bits per heavy atom. The van der Waals surface area contributed by atoms with Crippen LogP contribution in [0.15, 0.2) is 65.7 Å². The number of rotatable bonds is 6. The van der Waals surface area contributed by atoms with Gasteiger partial charge in [-0.1, -0.05) is 32.0 Å². The van der Waals surface area contributed by atoms with Crippen molar-refractivity contribution in [2.45, 2.75) is 42.4 Å². The van der Waals surface area contributed by atoms with E-state index in [0.717, 1.165) is 24.3 Å². The molecule has 0 bridgehead atoms. The number of hydrogen-bond donors (Lipinski definition) is 0. The Morgan fingerprint density at radius 2 is 1.62 bits per heavy atom. The van der Waals surface area contributed by atoms with Gasteiger partial charge < -0.3 is 4.84 Å². The van der Waals surface area contributed by atoms with Gasteiger partial charge in [-0.2, -0.15) is 26.3 Å². The summed E-state index contributed by atoms with van der Waals surface area (Å²) in [4.78, 5) is 47.8. The molecule has 0 N–H and O–H groups in total. The molecule has 0 aliphatic carbocycles. The molecule has 0 unspecified atom stereocenters. The molecule has 3 aromatic rings. The number of imide groups is 1. The number of anilines is 1. The fourth-order valence-corrected chi connectivity index (χ4v) is 4.96. The third-order valence-electron chi connectivity index (χ3n) is 5.95. The van der Waals surface area contributed by atoms with E-state index < -0.39 is 59.2 Å². The first-order valence-electron chi connectivity index (χ1n) is 11.3. The lowest BCUT2D eigenvalue weighted by Crippen LogP contribution is -2.45. The number of carbonyl (C=O) groups excluding carboxylic acids is 3. The third kappa shape index (κ3) is 5.79. The molecular weight excluding hydrogens is 552 g/mol. The molecule has 206 valence electrons. The maximum Gasteiger partial charge on any atom is 0.493 e. The van der Waals surface area contributed by atoms with E-state index in [2.05, 4.69) is 9.82 Å². The van der Waals surface area contributed by atoms with E-state index in [9.17, 15) is 40.7 Å². The van der Waals surface area contributed by atoms with E-state index >= 15 is 0 Å². The first-order chi connectivity index (χ1) is 18.2. The highest BCUT2D eigenvalue weighted by molar-refractivity contribution is 8.00. The number of para-hydroxylation sites is 1. The molecule has 1 aliphatic rings. The van der Waals surface area contributed by atoms with E-state index in [1.54, 1.807) is 44.2 Å². The second-order valence-corrected chi connectivity index (χ2v) is 9.97. The minimum absolute atomic E-state index is 0.0937. The van der Waals surface area contributed by atoms with Crippen LogP contribution in [0.3, 0.4) is 0 Å². The van der Waals surface area contributed by atoms with Crippen LogP contribution < -0.4 is 4.90 Å². The number of hydroxylamine groups is 2. The first-order valence-corrected chi connectivity index (χ1v) is 12.2. The molecule has 4 rings (SSSR count). The van der Waals surface area contributed by atoms with Gasteiger partial charge in [0.1, 0.15) is 0 Å². The second-order valence-electron chi connectivity index (χ2n) is 8.83. The van der Waals surface area contributed by atoms with Gasteiger partial charge in [0.05, 0.1) is 11.2 Å². The van der Waals surface area contributed by atoms with E-state index in [1.807, 2.05) is 0 Å². The number of pyridine rings is 1. The average molecular weight is 571 g/mol. The lowest BCUT2D eigenvalue weighted by molar-refractivity contribution is -0.231. The lowest BCUT2D eigenvalue weighted by Gasteiger charge is -2.31. The predicted octanol–water partition coefficient (Wildman–Crippen LogP) is 6.44. The van der Waals surface area contributed by atoms with Gasteiger partial charge in [-0.15, -0.1) is 5.06 Å². The third-order valence-corrected chi connectivity index (χ3v) is 6.69. The Labute approximate surface area is 221 Å². The molecule has 3 amide bonds. The molecule has 1 aliphatic heterocycles. The van der Waals surface area contributed by atoms with Gasteiger partial charge in [0, 0.05) is 22.4 Å². The van der Waals surface area contributed by atoms with Crippen molar-refractivity contribution in [3.63, 3.8) is 0 Å². The zero-order chi connectivity index (χ0) is 28.7. The molecule has 1 aromatic heterocycles. The van der Waals surface area contributed by atoms with Crippen LogP contribution in [0.4, 0.5) is 36.8 Å². The molecule has 2 heterocycles. The second kappa shape index (κ2) is 10.4. The first kappa shape index (κ1) is 28.2. The zero-order valence-corrected chi connectivity index (χ0v) is 21.0. The summed E-state index contributed by atoms with van der Waals surface area (Å²) >= 11 is -0.426. The topological polar surface area (TPSA) is 79.8 Å². The van der Waals surface area contributed by atoms with E-state index in [0.29, 0.717) is 21.4 Å². The number of nitrogens with zero attached hydrogens (tertiary/aromatic N) is 3.